The summed E-state index contributed by atoms with van der Waals surface area (Å²) in [5.74, 6) is -1.50. The lowest BCUT2D eigenvalue weighted by molar-refractivity contribution is -0.170. The lowest BCUT2D eigenvalue weighted by Crippen LogP contribution is -2.48. The number of hydrogen-bond acceptors (Lipinski definition) is 3. The zero-order chi connectivity index (χ0) is 14.5. The molecule has 4 nitrogen and oxygen atoms in total. The van der Waals surface area contributed by atoms with Crippen LogP contribution in [0.3, 0.4) is 0 Å². The van der Waals surface area contributed by atoms with Gasteiger partial charge in [0.15, 0.2) is 6.39 Å². The number of amides is 1. The van der Waals surface area contributed by atoms with Crippen molar-refractivity contribution < 1.29 is 22.4 Å². The van der Waals surface area contributed by atoms with Crippen LogP contribution >= 0.6 is 0 Å². The van der Waals surface area contributed by atoms with Gasteiger partial charge in [0.05, 0.1) is 0 Å². The van der Waals surface area contributed by atoms with Crippen LogP contribution in [-0.4, -0.2) is 23.1 Å². The standard InChI is InChI=1S/C12H15F3N2O2/c1-3-8(2)11(12(13,14)15)17-10(18)5-4-9-6-19-7-16-9/h4-8,11H,3H2,1-2H3,(H,17,18)/b5-4+. The Balaban J connectivity index is 2.66. The molecule has 1 rings (SSSR count). The van der Waals surface area contributed by atoms with E-state index in [0.29, 0.717) is 12.1 Å². The minimum Gasteiger partial charge on any atom is -0.451 e. The molecule has 1 N–H and O–H groups in total. The molecule has 2 unspecified atom stereocenters. The Hall–Kier alpha value is -1.79. The van der Waals surface area contributed by atoms with Gasteiger partial charge < -0.3 is 9.73 Å². The number of hydrogen-bond donors (Lipinski definition) is 1. The molecule has 0 saturated heterocycles. The first-order valence-electron chi connectivity index (χ1n) is 5.78. The highest BCUT2D eigenvalue weighted by Gasteiger charge is 2.43. The van der Waals surface area contributed by atoms with Crippen molar-refractivity contribution in [2.75, 3.05) is 0 Å². The fourth-order valence-corrected chi connectivity index (χ4v) is 1.45. The van der Waals surface area contributed by atoms with E-state index < -0.39 is 24.0 Å². The third kappa shape index (κ3) is 4.76. The molecule has 0 saturated carbocycles. The first-order chi connectivity index (χ1) is 8.84. The van der Waals surface area contributed by atoms with Crippen LogP contribution in [0.15, 0.2) is 23.1 Å². The molecule has 0 aliphatic rings. The molecule has 0 fully saturated rings. The van der Waals surface area contributed by atoms with Gasteiger partial charge in [0.2, 0.25) is 5.91 Å². The first kappa shape index (κ1) is 15.3. The molecular weight excluding hydrogens is 261 g/mol. The van der Waals surface area contributed by atoms with Gasteiger partial charge in [-0.25, -0.2) is 4.98 Å². The molecule has 0 radical (unpaired) electrons. The number of carbonyl (C=O) groups is 1. The van der Waals surface area contributed by atoms with Crippen LogP contribution in [0.2, 0.25) is 0 Å². The lowest BCUT2D eigenvalue weighted by Gasteiger charge is -2.26. The summed E-state index contributed by atoms with van der Waals surface area (Å²) >= 11 is 0. The van der Waals surface area contributed by atoms with Gasteiger partial charge in [-0.15, -0.1) is 0 Å². The van der Waals surface area contributed by atoms with Gasteiger partial charge in [-0.05, 0) is 12.0 Å². The second-order valence-corrected chi connectivity index (χ2v) is 4.16. The van der Waals surface area contributed by atoms with E-state index in [0.717, 1.165) is 12.5 Å². The van der Waals surface area contributed by atoms with Crippen molar-refractivity contribution in [1.82, 2.24) is 10.3 Å². The van der Waals surface area contributed by atoms with Crippen LogP contribution in [0.25, 0.3) is 6.08 Å². The molecule has 1 heterocycles. The van der Waals surface area contributed by atoms with Crippen LogP contribution in [0.4, 0.5) is 13.2 Å². The van der Waals surface area contributed by atoms with Gasteiger partial charge in [0.1, 0.15) is 18.0 Å². The molecule has 7 heteroatoms. The quantitative estimate of drug-likeness (QED) is 0.841. The van der Waals surface area contributed by atoms with Gasteiger partial charge in [0.25, 0.3) is 0 Å². The number of nitrogens with one attached hydrogen (secondary N) is 1. The van der Waals surface area contributed by atoms with Crippen LogP contribution in [0.1, 0.15) is 26.0 Å². The fraction of sp³-hybridized carbons (Fsp3) is 0.500. The van der Waals surface area contributed by atoms with Gasteiger partial charge in [0, 0.05) is 6.08 Å². The molecule has 1 aromatic rings. The van der Waals surface area contributed by atoms with E-state index in [1.165, 1.54) is 19.3 Å². The molecule has 0 aliphatic carbocycles. The van der Waals surface area contributed by atoms with E-state index in [-0.39, 0.29) is 0 Å². The highest BCUT2D eigenvalue weighted by molar-refractivity contribution is 5.91. The van der Waals surface area contributed by atoms with Crippen molar-refractivity contribution in [3.63, 3.8) is 0 Å². The van der Waals surface area contributed by atoms with Gasteiger partial charge in [-0.3, -0.25) is 4.79 Å². The maximum absolute atomic E-state index is 12.8. The van der Waals surface area contributed by atoms with E-state index in [9.17, 15) is 18.0 Å². The van der Waals surface area contributed by atoms with Crippen molar-refractivity contribution >= 4 is 12.0 Å². The van der Waals surface area contributed by atoms with Crippen molar-refractivity contribution in [3.8, 4) is 0 Å². The van der Waals surface area contributed by atoms with Crippen molar-refractivity contribution in [2.45, 2.75) is 32.5 Å². The van der Waals surface area contributed by atoms with Gasteiger partial charge in [-0.1, -0.05) is 20.3 Å². The summed E-state index contributed by atoms with van der Waals surface area (Å²) in [6.45, 7) is 3.08. The van der Waals surface area contributed by atoms with Gasteiger partial charge in [-0.2, -0.15) is 13.2 Å². The third-order valence-electron chi connectivity index (χ3n) is 2.72. The second kappa shape index (κ2) is 6.40. The maximum Gasteiger partial charge on any atom is 0.408 e. The monoisotopic (exact) mass is 276 g/mol. The predicted octanol–water partition coefficient (Wildman–Crippen LogP) is 2.78. The van der Waals surface area contributed by atoms with E-state index in [2.05, 4.69) is 9.40 Å². The topological polar surface area (TPSA) is 55.1 Å². The summed E-state index contributed by atoms with van der Waals surface area (Å²) in [6.07, 6.45) is 0.571. The Bertz CT molecular complexity index is 427. The molecule has 2 atom stereocenters. The SMILES string of the molecule is CCC(C)C(NC(=O)/C=C/c1cocn1)C(F)(F)F. The smallest absolute Gasteiger partial charge is 0.408 e. The van der Waals surface area contributed by atoms with Crippen LogP contribution in [-0.2, 0) is 4.79 Å². The Morgan fingerprint density at radius 2 is 2.26 bits per heavy atom. The number of nitrogens with zero attached hydrogens (tertiary/aromatic N) is 1. The first-order valence-corrected chi connectivity index (χ1v) is 5.78. The summed E-state index contributed by atoms with van der Waals surface area (Å²) in [5, 5.41) is 1.96. The maximum atomic E-state index is 12.8. The average Bonchev–Trinajstić information content (AvgIpc) is 2.84. The minimum atomic E-state index is -4.47. The number of rotatable bonds is 5. The minimum absolute atomic E-state index is 0.317. The molecule has 106 valence electrons. The second-order valence-electron chi connectivity index (χ2n) is 4.16. The zero-order valence-electron chi connectivity index (χ0n) is 10.6. The third-order valence-corrected chi connectivity index (χ3v) is 2.72. The number of halogens is 3. The summed E-state index contributed by atoms with van der Waals surface area (Å²) < 4.78 is 43.0. The molecule has 0 aromatic carbocycles. The largest absolute Gasteiger partial charge is 0.451 e. The number of oxazole rings is 1. The lowest BCUT2D eigenvalue weighted by atomic mass is 9.98. The Kier molecular flexibility index (Phi) is 5.14. The zero-order valence-corrected chi connectivity index (χ0v) is 10.6. The number of carbonyl (C=O) groups excluding carboxylic acids is 1. The summed E-state index contributed by atoms with van der Waals surface area (Å²) in [6, 6.07) is -1.85. The van der Waals surface area contributed by atoms with E-state index in [4.69, 9.17) is 0 Å². The Morgan fingerprint density at radius 3 is 2.74 bits per heavy atom. The summed E-state index contributed by atoms with van der Waals surface area (Å²) in [5.41, 5.74) is 0.363. The van der Waals surface area contributed by atoms with Crippen LogP contribution in [0, 0.1) is 5.92 Å². The van der Waals surface area contributed by atoms with Gasteiger partial charge >= 0.3 is 6.18 Å². The fourth-order valence-electron chi connectivity index (χ4n) is 1.45. The van der Waals surface area contributed by atoms with E-state index in [1.54, 1.807) is 6.92 Å². The van der Waals surface area contributed by atoms with E-state index >= 15 is 0 Å². The molecule has 19 heavy (non-hydrogen) atoms. The highest BCUT2D eigenvalue weighted by Crippen LogP contribution is 2.27. The number of aromatic nitrogens is 1. The van der Waals surface area contributed by atoms with E-state index in [1.807, 2.05) is 5.32 Å². The molecule has 0 aliphatic heterocycles. The molecule has 1 amide bonds. The molecule has 1 aromatic heterocycles. The molecule has 0 bridgehead atoms. The van der Waals surface area contributed by atoms with Crippen molar-refractivity contribution in [3.05, 3.63) is 24.4 Å². The highest BCUT2D eigenvalue weighted by atomic mass is 19.4. The van der Waals surface area contributed by atoms with Crippen molar-refractivity contribution in [1.29, 1.82) is 0 Å². The molecule has 0 spiro atoms. The van der Waals surface area contributed by atoms with Crippen LogP contribution < -0.4 is 5.32 Å². The molecular formula is C12H15F3N2O2. The Morgan fingerprint density at radius 1 is 1.58 bits per heavy atom. The van der Waals surface area contributed by atoms with Crippen molar-refractivity contribution in [2.24, 2.45) is 5.92 Å². The predicted molar refractivity (Wildman–Crippen MR) is 63.0 cm³/mol. The van der Waals surface area contributed by atoms with Crippen LogP contribution in [0.5, 0.6) is 0 Å². The summed E-state index contributed by atoms with van der Waals surface area (Å²) in [7, 11) is 0. The Labute approximate surface area is 108 Å². The number of alkyl halides is 3. The normalized spacial score (nSPS) is 15.4. The average molecular weight is 276 g/mol. The summed E-state index contributed by atoms with van der Waals surface area (Å²) in [4.78, 5) is 15.2.